The average molecular weight is 284 g/mol. The van der Waals surface area contributed by atoms with E-state index in [4.69, 9.17) is 4.98 Å². The van der Waals surface area contributed by atoms with Crippen molar-refractivity contribution in [3.8, 4) is 0 Å². The van der Waals surface area contributed by atoms with Crippen LogP contribution in [0, 0.1) is 0 Å². The van der Waals surface area contributed by atoms with Crippen LogP contribution in [0.15, 0.2) is 66.7 Å². The van der Waals surface area contributed by atoms with E-state index < -0.39 is 0 Å². The van der Waals surface area contributed by atoms with Crippen LogP contribution in [0.5, 0.6) is 0 Å². The third-order valence-corrected chi connectivity index (χ3v) is 4.52. The van der Waals surface area contributed by atoms with Crippen molar-refractivity contribution in [1.82, 2.24) is 4.98 Å². The molecule has 0 aliphatic heterocycles. The Hall–Kier alpha value is -1.63. The predicted octanol–water partition coefficient (Wildman–Crippen LogP) is 1.89. The summed E-state index contributed by atoms with van der Waals surface area (Å²) in [5.74, 6) is 0. The van der Waals surface area contributed by atoms with Crippen LogP contribution in [0.3, 0.4) is 0 Å². The Kier molecular flexibility index (Phi) is 2.91. The van der Waals surface area contributed by atoms with E-state index in [-0.39, 0.29) is 0 Å². The Balaban J connectivity index is 1.96. The molecule has 1 nitrogen and oxygen atoms in total. The van der Waals surface area contributed by atoms with Crippen molar-refractivity contribution in [2.75, 3.05) is 0 Å². The summed E-state index contributed by atoms with van der Waals surface area (Å²) in [6.07, 6.45) is 0. The van der Waals surface area contributed by atoms with E-state index in [0.29, 0.717) is 15.0 Å². The van der Waals surface area contributed by atoms with E-state index >= 15 is 0 Å². The molecule has 0 atom stereocenters. The summed E-state index contributed by atoms with van der Waals surface area (Å²) < 4.78 is 2.55. The normalized spacial score (nSPS) is 10.6. The molecular weight excluding hydrogens is 273 g/mol. The van der Waals surface area contributed by atoms with Crippen molar-refractivity contribution in [3.05, 3.63) is 66.7 Å². The van der Waals surface area contributed by atoms with Crippen LogP contribution in [0.25, 0.3) is 10.9 Å². The first-order valence-electron chi connectivity index (χ1n) is 5.50. The summed E-state index contributed by atoms with van der Waals surface area (Å²) in [5, 5.41) is 1.21. The number of rotatable bonds is 2. The minimum absolute atomic E-state index is 0.297. The standard InChI is InChI=1S/C15H11NSe/c1-2-7-13(8-3-1)17-15-11-10-12-6-4-5-9-14(12)16-15/h1-11H. The van der Waals surface area contributed by atoms with E-state index in [1.807, 2.05) is 18.2 Å². The number of pyridine rings is 1. The fourth-order valence-corrected chi connectivity index (χ4v) is 3.42. The molecule has 1 aromatic heterocycles. The first-order chi connectivity index (χ1) is 8.42. The monoisotopic (exact) mass is 285 g/mol. The maximum atomic E-state index is 4.70. The zero-order valence-corrected chi connectivity index (χ0v) is 10.9. The molecule has 0 aliphatic carbocycles. The number of benzene rings is 2. The maximum absolute atomic E-state index is 4.70. The van der Waals surface area contributed by atoms with Gasteiger partial charge in [-0.15, -0.1) is 0 Å². The molecule has 17 heavy (non-hydrogen) atoms. The summed E-state index contributed by atoms with van der Waals surface area (Å²) in [6.45, 7) is 0. The molecule has 0 unspecified atom stereocenters. The molecule has 0 amide bonds. The second-order valence-electron chi connectivity index (χ2n) is 3.76. The van der Waals surface area contributed by atoms with Crippen molar-refractivity contribution in [2.24, 2.45) is 0 Å². The van der Waals surface area contributed by atoms with E-state index in [2.05, 4.69) is 48.5 Å². The van der Waals surface area contributed by atoms with Gasteiger partial charge in [-0.3, -0.25) is 0 Å². The van der Waals surface area contributed by atoms with Gasteiger partial charge in [0.25, 0.3) is 0 Å². The molecule has 3 aromatic rings. The first-order valence-corrected chi connectivity index (χ1v) is 7.22. The van der Waals surface area contributed by atoms with E-state index in [9.17, 15) is 0 Å². The van der Waals surface area contributed by atoms with Gasteiger partial charge in [-0.2, -0.15) is 0 Å². The molecule has 0 bridgehead atoms. The summed E-state index contributed by atoms with van der Waals surface area (Å²) in [4.78, 5) is 4.70. The van der Waals surface area contributed by atoms with Crippen molar-refractivity contribution >= 4 is 34.9 Å². The molecule has 1 heterocycles. The Labute approximate surface area is 107 Å². The van der Waals surface area contributed by atoms with Crippen molar-refractivity contribution in [1.29, 1.82) is 0 Å². The number of nitrogens with zero attached hydrogens (tertiary/aromatic N) is 1. The Morgan fingerprint density at radius 1 is 0.706 bits per heavy atom. The molecule has 0 radical (unpaired) electrons. The van der Waals surface area contributed by atoms with Crippen LogP contribution < -0.4 is 9.05 Å². The van der Waals surface area contributed by atoms with Crippen molar-refractivity contribution < 1.29 is 0 Å². The zero-order valence-electron chi connectivity index (χ0n) is 9.21. The number of aromatic nitrogens is 1. The molecule has 0 N–H and O–H groups in total. The van der Waals surface area contributed by atoms with Crippen LogP contribution in [0.4, 0.5) is 0 Å². The second-order valence-corrected chi connectivity index (χ2v) is 6.05. The van der Waals surface area contributed by atoms with Crippen LogP contribution in [-0.4, -0.2) is 19.9 Å². The molecule has 0 fully saturated rings. The number of para-hydroxylation sites is 1. The molecule has 2 aromatic carbocycles. The van der Waals surface area contributed by atoms with Gasteiger partial charge in [0.15, 0.2) is 0 Å². The van der Waals surface area contributed by atoms with Gasteiger partial charge in [-0.05, 0) is 0 Å². The SMILES string of the molecule is c1ccc([Se]c2ccc3ccccc3n2)cc1. The third kappa shape index (κ3) is 2.38. The zero-order chi connectivity index (χ0) is 11.5. The quantitative estimate of drug-likeness (QED) is 0.655. The number of hydrogen-bond donors (Lipinski definition) is 0. The van der Waals surface area contributed by atoms with E-state index in [1.54, 1.807) is 0 Å². The molecule has 82 valence electrons. The summed E-state index contributed by atoms with van der Waals surface area (Å²) in [6, 6.07) is 23.1. The predicted molar refractivity (Wildman–Crippen MR) is 73.2 cm³/mol. The van der Waals surface area contributed by atoms with Gasteiger partial charge < -0.3 is 0 Å². The molecule has 3 rings (SSSR count). The van der Waals surface area contributed by atoms with Crippen molar-refractivity contribution in [2.45, 2.75) is 0 Å². The molecule has 0 aliphatic rings. The topological polar surface area (TPSA) is 12.9 Å². The van der Waals surface area contributed by atoms with Crippen LogP contribution >= 0.6 is 0 Å². The average Bonchev–Trinajstić information content (AvgIpc) is 2.40. The molecule has 0 saturated carbocycles. The fourth-order valence-electron chi connectivity index (χ4n) is 1.71. The third-order valence-electron chi connectivity index (χ3n) is 2.54. The summed E-state index contributed by atoms with van der Waals surface area (Å²) in [7, 11) is 0. The second kappa shape index (κ2) is 4.70. The first kappa shape index (κ1) is 10.5. The van der Waals surface area contributed by atoms with Gasteiger partial charge in [-0.25, -0.2) is 0 Å². The Morgan fingerprint density at radius 2 is 1.47 bits per heavy atom. The number of fused-ring (bicyclic) bond motifs is 1. The molecular formula is C15H11NSe. The van der Waals surface area contributed by atoms with Gasteiger partial charge in [0, 0.05) is 0 Å². The molecule has 0 saturated heterocycles. The minimum atomic E-state index is 0.297. The van der Waals surface area contributed by atoms with Gasteiger partial charge in [0.05, 0.1) is 0 Å². The Bertz CT molecular complexity index is 635. The van der Waals surface area contributed by atoms with Gasteiger partial charge in [0.2, 0.25) is 0 Å². The molecule has 2 heteroatoms. The van der Waals surface area contributed by atoms with Crippen LogP contribution in [0.1, 0.15) is 0 Å². The van der Waals surface area contributed by atoms with E-state index in [0.717, 1.165) is 5.52 Å². The van der Waals surface area contributed by atoms with Crippen LogP contribution in [-0.2, 0) is 0 Å². The summed E-state index contributed by atoms with van der Waals surface area (Å²) >= 11 is 0.297. The van der Waals surface area contributed by atoms with Crippen LogP contribution in [0.2, 0.25) is 0 Å². The van der Waals surface area contributed by atoms with Gasteiger partial charge >= 0.3 is 107 Å². The van der Waals surface area contributed by atoms with Gasteiger partial charge in [-0.1, -0.05) is 0 Å². The number of hydrogen-bond acceptors (Lipinski definition) is 1. The summed E-state index contributed by atoms with van der Waals surface area (Å²) in [5.41, 5.74) is 1.09. The van der Waals surface area contributed by atoms with Crippen molar-refractivity contribution in [3.63, 3.8) is 0 Å². The van der Waals surface area contributed by atoms with E-state index in [1.165, 1.54) is 14.4 Å². The fraction of sp³-hybridized carbons (Fsp3) is 0. The Morgan fingerprint density at radius 3 is 2.35 bits per heavy atom. The molecule has 0 spiro atoms. The van der Waals surface area contributed by atoms with Gasteiger partial charge in [0.1, 0.15) is 0 Å².